The Hall–Kier alpha value is -5.46. The fraction of sp³-hybridized carbons (Fsp3) is 0.290. The Morgan fingerprint density at radius 3 is 2.48 bits per heavy atom. The summed E-state index contributed by atoms with van der Waals surface area (Å²) in [6.45, 7) is 5.52. The molecule has 0 radical (unpaired) electrons. The third-order valence-corrected chi connectivity index (χ3v) is 7.15. The van der Waals surface area contributed by atoms with Crippen LogP contribution in [0, 0.1) is 13.8 Å². The minimum Gasteiger partial charge on any atom is -0.508 e. The van der Waals surface area contributed by atoms with Crippen LogP contribution in [0.5, 0.6) is 5.75 Å². The molecular weight excluding hydrogens is 568 g/mol. The largest absolute Gasteiger partial charge is 0.508 e. The molecule has 1 saturated carbocycles. The number of amides is 3. The van der Waals surface area contributed by atoms with Gasteiger partial charge >= 0.3 is 12.1 Å². The smallest absolute Gasteiger partial charge is 0.419 e. The topological polar surface area (TPSA) is 164 Å². The average molecular weight is 601 g/mol. The van der Waals surface area contributed by atoms with E-state index in [9.17, 15) is 24.3 Å². The first kappa shape index (κ1) is 30.0. The lowest BCUT2D eigenvalue weighted by atomic mass is 10.1. The second-order valence-electron chi connectivity index (χ2n) is 10.4. The molecule has 2 heterocycles. The molecule has 0 aliphatic heterocycles. The summed E-state index contributed by atoms with van der Waals surface area (Å²) in [6, 6.07) is 10.1. The fourth-order valence-corrected chi connectivity index (χ4v) is 4.59. The molecule has 3 N–H and O–H groups in total. The van der Waals surface area contributed by atoms with Crippen molar-refractivity contribution < 1.29 is 33.8 Å². The molecule has 3 amide bonds. The molecule has 0 saturated heterocycles. The van der Waals surface area contributed by atoms with Crippen molar-refractivity contribution in [2.75, 3.05) is 18.7 Å². The summed E-state index contributed by atoms with van der Waals surface area (Å²) in [5, 5.41) is 19.8. The number of aryl methyl sites for hydroxylation is 2. The highest BCUT2D eigenvalue weighted by atomic mass is 16.7. The number of aromatic nitrogens is 3. The number of fused-ring (bicyclic) bond motifs is 1. The van der Waals surface area contributed by atoms with Crippen molar-refractivity contribution in [1.29, 1.82) is 0 Å². The molecular formula is C31H32N6O7. The van der Waals surface area contributed by atoms with Gasteiger partial charge in [-0.2, -0.15) is 5.10 Å². The highest BCUT2D eigenvalue weighted by Gasteiger charge is 2.39. The lowest BCUT2D eigenvalue weighted by Gasteiger charge is -2.21. The summed E-state index contributed by atoms with van der Waals surface area (Å²) in [5.41, 5.74) is 3.57. The predicted octanol–water partition coefficient (Wildman–Crippen LogP) is 4.49. The van der Waals surface area contributed by atoms with E-state index in [4.69, 9.17) is 9.47 Å². The average Bonchev–Trinajstić information content (AvgIpc) is 3.78. The summed E-state index contributed by atoms with van der Waals surface area (Å²) in [5.74, 6) is -1.08. The SMILES string of the molecule is CCCNC(=O)c1cn2ncnc(Nc3cc(C(=O)N(C(=O)OCOC(=O)c4ccc(O)cc4)C4CC4)ccc3C)c2c1C. The summed E-state index contributed by atoms with van der Waals surface area (Å²) in [6.07, 6.45) is 4.16. The van der Waals surface area contributed by atoms with E-state index >= 15 is 0 Å². The van der Waals surface area contributed by atoms with Crippen LogP contribution >= 0.6 is 0 Å². The highest BCUT2D eigenvalue weighted by Crippen LogP contribution is 2.31. The van der Waals surface area contributed by atoms with Crippen LogP contribution in [-0.4, -0.2) is 67.9 Å². The number of carbonyl (C=O) groups is 4. The van der Waals surface area contributed by atoms with Gasteiger partial charge in [-0.1, -0.05) is 13.0 Å². The van der Waals surface area contributed by atoms with Crippen molar-refractivity contribution in [3.8, 4) is 5.75 Å². The maximum atomic E-state index is 13.6. The molecule has 228 valence electrons. The lowest BCUT2D eigenvalue weighted by Crippen LogP contribution is -2.39. The summed E-state index contributed by atoms with van der Waals surface area (Å²) >= 11 is 0. The highest BCUT2D eigenvalue weighted by molar-refractivity contribution is 6.04. The molecule has 13 heteroatoms. The molecule has 2 aromatic carbocycles. The number of nitrogens with one attached hydrogen (secondary N) is 2. The van der Waals surface area contributed by atoms with E-state index in [1.165, 1.54) is 30.6 Å². The lowest BCUT2D eigenvalue weighted by molar-refractivity contribution is -0.0110. The van der Waals surface area contributed by atoms with Gasteiger partial charge in [-0.25, -0.2) is 24.0 Å². The number of phenols is 1. The number of anilines is 2. The van der Waals surface area contributed by atoms with Crippen LogP contribution in [0.15, 0.2) is 55.0 Å². The van der Waals surface area contributed by atoms with Crippen molar-refractivity contribution in [2.45, 2.75) is 46.1 Å². The molecule has 5 rings (SSSR count). The molecule has 2 aromatic heterocycles. The molecule has 1 fully saturated rings. The van der Waals surface area contributed by atoms with Gasteiger partial charge in [0, 0.05) is 30.0 Å². The van der Waals surface area contributed by atoms with Crippen molar-refractivity contribution in [3.63, 3.8) is 0 Å². The number of benzene rings is 2. The molecule has 44 heavy (non-hydrogen) atoms. The number of carbonyl (C=O) groups excluding carboxylic acids is 4. The number of aromatic hydroxyl groups is 1. The molecule has 0 unspecified atom stereocenters. The molecule has 0 spiro atoms. The Morgan fingerprint density at radius 1 is 1.05 bits per heavy atom. The van der Waals surface area contributed by atoms with E-state index in [0.717, 1.165) is 16.9 Å². The third kappa shape index (κ3) is 6.46. The minimum atomic E-state index is -0.929. The van der Waals surface area contributed by atoms with E-state index in [2.05, 4.69) is 20.7 Å². The van der Waals surface area contributed by atoms with Crippen LogP contribution in [0.25, 0.3) is 5.52 Å². The number of phenolic OH excluding ortho intramolecular Hbond substituents is 1. The zero-order chi connectivity index (χ0) is 31.4. The van der Waals surface area contributed by atoms with Crippen LogP contribution < -0.4 is 10.6 Å². The van der Waals surface area contributed by atoms with Crippen LogP contribution in [-0.2, 0) is 9.47 Å². The van der Waals surface area contributed by atoms with E-state index in [-0.39, 0.29) is 28.8 Å². The van der Waals surface area contributed by atoms with Gasteiger partial charge in [-0.15, -0.1) is 0 Å². The van der Waals surface area contributed by atoms with Gasteiger partial charge in [-0.3, -0.25) is 9.59 Å². The monoisotopic (exact) mass is 600 g/mol. The number of rotatable bonds is 10. The van der Waals surface area contributed by atoms with Crippen LogP contribution in [0.4, 0.5) is 16.3 Å². The van der Waals surface area contributed by atoms with Gasteiger partial charge in [0.25, 0.3) is 11.8 Å². The van der Waals surface area contributed by atoms with Gasteiger partial charge < -0.3 is 25.2 Å². The van der Waals surface area contributed by atoms with E-state index in [1.54, 1.807) is 28.9 Å². The van der Waals surface area contributed by atoms with E-state index in [1.807, 2.05) is 20.8 Å². The summed E-state index contributed by atoms with van der Waals surface area (Å²) in [4.78, 5) is 56.8. The summed E-state index contributed by atoms with van der Waals surface area (Å²) < 4.78 is 11.7. The third-order valence-electron chi connectivity index (χ3n) is 7.15. The molecule has 1 aliphatic carbocycles. The molecule has 0 atom stereocenters. The minimum absolute atomic E-state index is 0.00713. The van der Waals surface area contributed by atoms with Crippen LogP contribution in [0.3, 0.4) is 0 Å². The first-order valence-electron chi connectivity index (χ1n) is 14.1. The van der Waals surface area contributed by atoms with Crippen LogP contribution in [0.1, 0.15) is 68.4 Å². The number of imide groups is 1. The molecule has 13 nitrogen and oxygen atoms in total. The standard InChI is InChI=1S/C31H32N6O7/c1-4-13-32-28(39)24-15-36-26(19(24)3)27(33-16-34-36)35-25-14-21(6-5-18(25)2)29(40)37(22-9-10-22)31(42)44-17-43-30(41)20-7-11-23(38)12-8-20/h5-8,11-12,14-16,22,38H,4,9-10,13,17H2,1-3H3,(H,32,39)(H,33,34,35). The van der Waals surface area contributed by atoms with Gasteiger partial charge in [0.1, 0.15) is 17.6 Å². The molecule has 1 aliphatic rings. The van der Waals surface area contributed by atoms with Crippen molar-refractivity contribution in [3.05, 3.63) is 82.8 Å². The number of esters is 1. The van der Waals surface area contributed by atoms with E-state index < -0.39 is 24.8 Å². The zero-order valence-electron chi connectivity index (χ0n) is 24.5. The fourth-order valence-electron chi connectivity index (χ4n) is 4.59. The predicted molar refractivity (Wildman–Crippen MR) is 159 cm³/mol. The number of nitrogens with zero attached hydrogens (tertiary/aromatic N) is 4. The Kier molecular flexibility index (Phi) is 8.74. The van der Waals surface area contributed by atoms with Gasteiger partial charge in [0.15, 0.2) is 5.82 Å². The second kappa shape index (κ2) is 12.8. The maximum absolute atomic E-state index is 13.6. The van der Waals surface area contributed by atoms with Crippen molar-refractivity contribution in [2.24, 2.45) is 0 Å². The number of hydrogen-bond acceptors (Lipinski definition) is 10. The van der Waals surface area contributed by atoms with Crippen molar-refractivity contribution >= 4 is 40.9 Å². The normalized spacial score (nSPS) is 12.4. The quantitative estimate of drug-likeness (QED) is 0.174. The number of ether oxygens (including phenoxy) is 2. The molecule has 4 aromatic rings. The Balaban J connectivity index is 1.31. The molecule has 0 bridgehead atoms. The Bertz CT molecular complexity index is 1730. The first-order chi connectivity index (χ1) is 21.2. The number of hydrogen-bond donors (Lipinski definition) is 3. The van der Waals surface area contributed by atoms with Gasteiger partial charge in [0.05, 0.1) is 11.1 Å². The van der Waals surface area contributed by atoms with Crippen molar-refractivity contribution in [1.82, 2.24) is 24.8 Å². The van der Waals surface area contributed by atoms with Crippen LogP contribution in [0.2, 0.25) is 0 Å². The Morgan fingerprint density at radius 2 is 1.77 bits per heavy atom. The Labute approximate surface area is 252 Å². The summed E-state index contributed by atoms with van der Waals surface area (Å²) in [7, 11) is 0. The van der Waals surface area contributed by atoms with Gasteiger partial charge in [0.2, 0.25) is 6.79 Å². The first-order valence-corrected chi connectivity index (χ1v) is 14.1. The second-order valence-corrected chi connectivity index (χ2v) is 10.4. The zero-order valence-corrected chi connectivity index (χ0v) is 24.5. The van der Waals surface area contributed by atoms with E-state index in [0.29, 0.717) is 47.5 Å². The maximum Gasteiger partial charge on any atom is 0.419 e. The van der Waals surface area contributed by atoms with Gasteiger partial charge in [-0.05, 0) is 80.6 Å².